The summed E-state index contributed by atoms with van der Waals surface area (Å²) in [5.41, 5.74) is 5.69. The molecule has 0 fully saturated rings. The molecule has 2 nitrogen and oxygen atoms in total. The minimum absolute atomic E-state index is 0. The third kappa shape index (κ3) is 6.58. The highest BCUT2D eigenvalue weighted by Gasteiger charge is 2.28. The molecular weight excluding hydrogens is 293 g/mol. The molecule has 0 saturated heterocycles. The van der Waals surface area contributed by atoms with E-state index >= 15 is 0 Å². The Kier molecular flexibility index (Phi) is 7.07. The third-order valence-electron chi connectivity index (χ3n) is 2.27. The van der Waals surface area contributed by atoms with Crippen LogP contribution in [-0.4, -0.2) is 12.8 Å². The Bertz CT molecular complexity index is 386. The molecule has 0 bridgehead atoms. The lowest BCUT2D eigenvalue weighted by Crippen LogP contribution is -2.17. The van der Waals surface area contributed by atoms with Gasteiger partial charge in [-0.2, -0.15) is 22.0 Å². The van der Waals surface area contributed by atoms with Crippen molar-refractivity contribution in [3.05, 3.63) is 29.8 Å². The van der Waals surface area contributed by atoms with E-state index in [2.05, 4.69) is 4.74 Å². The maximum atomic E-state index is 12.1. The molecule has 0 aliphatic rings. The zero-order valence-corrected chi connectivity index (χ0v) is 10.5. The van der Waals surface area contributed by atoms with Gasteiger partial charge in [0.25, 0.3) is 0 Å². The Morgan fingerprint density at radius 1 is 1.16 bits per heavy atom. The number of para-hydroxylation sites is 1. The molecule has 19 heavy (non-hydrogen) atoms. The first kappa shape index (κ1) is 17.9. The van der Waals surface area contributed by atoms with Gasteiger partial charge in [-0.3, -0.25) is 0 Å². The highest BCUT2D eigenvalue weighted by molar-refractivity contribution is 5.85. The van der Waals surface area contributed by atoms with Gasteiger partial charge in [0, 0.05) is 18.0 Å². The first-order chi connectivity index (χ1) is 8.29. The predicted octanol–water partition coefficient (Wildman–Crippen LogP) is 4.05. The van der Waals surface area contributed by atoms with E-state index in [1.807, 2.05) is 0 Å². The van der Waals surface area contributed by atoms with Crippen LogP contribution in [0.4, 0.5) is 22.0 Å². The summed E-state index contributed by atoms with van der Waals surface area (Å²) in [5, 5.41) is 0. The summed E-state index contributed by atoms with van der Waals surface area (Å²) in [6.07, 6.45) is -5.78. The van der Waals surface area contributed by atoms with E-state index in [4.69, 9.17) is 5.73 Å². The van der Waals surface area contributed by atoms with Gasteiger partial charge >= 0.3 is 12.8 Å². The van der Waals surface area contributed by atoms with Gasteiger partial charge in [-0.25, -0.2) is 0 Å². The molecule has 8 heteroatoms. The van der Waals surface area contributed by atoms with E-state index in [1.165, 1.54) is 24.3 Å². The van der Waals surface area contributed by atoms with Gasteiger partial charge in [0.15, 0.2) is 0 Å². The molecule has 0 spiro atoms. The zero-order chi connectivity index (χ0) is 13.8. The zero-order valence-electron chi connectivity index (χ0n) is 9.66. The van der Waals surface area contributed by atoms with E-state index in [0.717, 1.165) is 0 Å². The molecule has 0 aliphatic heterocycles. The number of hydrogen-bond donors (Lipinski definition) is 1. The topological polar surface area (TPSA) is 35.2 Å². The highest BCUT2D eigenvalue weighted by Crippen LogP contribution is 2.31. The maximum Gasteiger partial charge on any atom is 0.389 e. The van der Waals surface area contributed by atoms with Gasteiger partial charge in [-0.15, -0.1) is 12.4 Å². The van der Waals surface area contributed by atoms with Gasteiger partial charge in [-0.05, 0) is 12.5 Å². The van der Waals surface area contributed by atoms with Crippen molar-refractivity contribution in [3.8, 4) is 5.75 Å². The minimum Gasteiger partial charge on any atom is -0.434 e. The number of nitrogens with two attached hydrogens (primary N) is 1. The Morgan fingerprint density at radius 2 is 1.74 bits per heavy atom. The lowest BCUT2D eigenvalue weighted by atomic mass is 10.0. The van der Waals surface area contributed by atoms with Crippen LogP contribution in [0, 0.1) is 0 Å². The second kappa shape index (κ2) is 7.49. The molecule has 1 atom stereocenters. The normalized spacial score (nSPS) is 13.0. The van der Waals surface area contributed by atoms with Crippen LogP contribution in [0.1, 0.15) is 24.4 Å². The highest BCUT2D eigenvalue weighted by atomic mass is 35.5. The minimum atomic E-state index is -4.32. The summed E-state index contributed by atoms with van der Waals surface area (Å²) in [5.74, 6) is -0.192. The summed E-state index contributed by atoms with van der Waals surface area (Å²) in [6, 6.07) is 4.56. The van der Waals surface area contributed by atoms with Crippen molar-refractivity contribution >= 4 is 12.4 Å². The number of rotatable bonds is 5. The van der Waals surface area contributed by atoms with E-state index in [1.54, 1.807) is 0 Å². The lowest BCUT2D eigenvalue weighted by molar-refractivity contribution is -0.136. The van der Waals surface area contributed by atoms with Gasteiger partial charge < -0.3 is 10.5 Å². The molecule has 0 amide bonds. The molecule has 110 valence electrons. The fourth-order valence-electron chi connectivity index (χ4n) is 1.46. The van der Waals surface area contributed by atoms with Crippen molar-refractivity contribution in [3.63, 3.8) is 0 Å². The van der Waals surface area contributed by atoms with Crippen molar-refractivity contribution in [1.29, 1.82) is 0 Å². The quantitative estimate of drug-likeness (QED) is 0.833. The smallest absolute Gasteiger partial charge is 0.389 e. The SMILES string of the molecule is Cl.N[C@@H](CCC(F)(F)F)c1ccccc1OC(F)F. The molecule has 2 N–H and O–H groups in total. The Balaban J connectivity index is 0.00000324. The van der Waals surface area contributed by atoms with E-state index in [0.29, 0.717) is 0 Å². The predicted molar refractivity (Wildman–Crippen MR) is 62.5 cm³/mol. The van der Waals surface area contributed by atoms with E-state index in [-0.39, 0.29) is 30.1 Å². The molecule has 0 saturated carbocycles. The second-order valence-electron chi connectivity index (χ2n) is 3.68. The summed E-state index contributed by atoms with van der Waals surface area (Å²) < 4.78 is 64.5. The van der Waals surface area contributed by atoms with E-state index in [9.17, 15) is 22.0 Å². The maximum absolute atomic E-state index is 12.1. The molecular formula is C11H13ClF5NO. The monoisotopic (exact) mass is 305 g/mol. The Hall–Kier alpha value is -1.08. The van der Waals surface area contributed by atoms with Crippen molar-refractivity contribution in [1.82, 2.24) is 0 Å². The third-order valence-corrected chi connectivity index (χ3v) is 2.27. The molecule has 0 heterocycles. The average molecular weight is 306 g/mol. The molecule has 0 aromatic heterocycles. The standard InChI is InChI=1S/C11H12F5NO.ClH/c12-10(13)18-9-4-2-1-3-7(9)8(17)5-6-11(14,15)16;/h1-4,8,10H,5-6,17H2;1H/t8-;/m0./s1. The van der Waals surface area contributed by atoms with Gasteiger partial charge in [0.05, 0.1) is 0 Å². The molecule has 1 aromatic rings. The first-order valence-corrected chi connectivity index (χ1v) is 5.15. The van der Waals surface area contributed by atoms with Gasteiger partial charge in [-0.1, -0.05) is 18.2 Å². The van der Waals surface area contributed by atoms with Crippen LogP contribution < -0.4 is 10.5 Å². The van der Waals surface area contributed by atoms with Gasteiger partial charge in [0.2, 0.25) is 0 Å². The van der Waals surface area contributed by atoms with Crippen molar-refractivity contribution in [2.75, 3.05) is 0 Å². The van der Waals surface area contributed by atoms with Crippen molar-refractivity contribution in [2.45, 2.75) is 31.7 Å². The number of ether oxygens (including phenoxy) is 1. The van der Waals surface area contributed by atoms with Crippen LogP contribution >= 0.6 is 12.4 Å². The summed E-state index contributed by atoms with van der Waals surface area (Å²) >= 11 is 0. The second-order valence-corrected chi connectivity index (χ2v) is 3.68. The molecule has 0 radical (unpaired) electrons. The van der Waals surface area contributed by atoms with Gasteiger partial charge in [0.1, 0.15) is 5.75 Å². The number of halogens is 6. The molecule has 0 aliphatic carbocycles. The number of alkyl halides is 5. The average Bonchev–Trinajstić information content (AvgIpc) is 2.25. The van der Waals surface area contributed by atoms with Crippen LogP contribution in [0.25, 0.3) is 0 Å². The van der Waals surface area contributed by atoms with Crippen molar-refractivity contribution < 1.29 is 26.7 Å². The van der Waals surface area contributed by atoms with Crippen LogP contribution in [0.15, 0.2) is 24.3 Å². The van der Waals surface area contributed by atoms with Crippen molar-refractivity contribution in [2.24, 2.45) is 5.73 Å². The fraction of sp³-hybridized carbons (Fsp3) is 0.455. The van der Waals surface area contributed by atoms with Crippen LogP contribution in [-0.2, 0) is 0 Å². The Labute approximate surface area is 113 Å². The van der Waals surface area contributed by atoms with E-state index < -0.39 is 25.3 Å². The van der Waals surface area contributed by atoms with Crippen LogP contribution in [0.5, 0.6) is 5.75 Å². The molecule has 1 rings (SSSR count). The lowest BCUT2D eigenvalue weighted by Gasteiger charge is -2.17. The Morgan fingerprint density at radius 3 is 2.26 bits per heavy atom. The summed E-state index contributed by atoms with van der Waals surface area (Å²) in [7, 11) is 0. The summed E-state index contributed by atoms with van der Waals surface area (Å²) in [6.45, 7) is -3.04. The largest absolute Gasteiger partial charge is 0.434 e. The molecule has 0 unspecified atom stereocenters. The van der Waals surface area contributed by atoms with Crippen LogP contribution in [0.3, 0.4) is 0 Å². The summed E-state index contributed by atoms with van der Waals surface area (Å²) in [4.78, 5) is 0. The first-order valence-electron chi connectivity index (χ1n) is 5.15. The van der Waals surface area contributed by atoms with Crippen LogP contribution in [0.2, 0.25) is 0 Å². The fourth-order valence-corrected chi connectivity index (χ4v) is 1.46. The number of benzene rings is 1. The molecule has 1 aromatic carbocycles. The number of hydrogen-bond acceptors (Lipinski definition) is 2.